The molecule has 1 aromatic heterocycles. The van der Waals surface area contributed by atoms with Crippen LogP contribution in [-0.2, 0) is 17.6 Å². The summed E-state index contributed by atoms with van der Waals surface area (Å²) in [6.45, 7) is 1.89. The van der Waals surface area contributed by atoms with E-state index in [2.05, 4.69) is 18.3 Å². The molecule has 1 aliphatic carbocycles. The molecule has 1 amide bonds. The molecule has 0 aliphatic heterocycles. The van der Waals surface area contributed by atoms with Crippen molar-refractivity contribution >= 4 is 28.5 Å². The average molecular weight is 414 g/mol. The second-order valence-electron chi connectivity index (χ2n) is 6.88. The Bertz CT molecular complexity index is 976. The molecule has 0 radical (unpaired) electrons. The van der Waals surface area contributed by atoms with Crippen LogP contribution in [0, 0.1) is 17.2 Å². The Kier molecular flexibility index (Phi) is 6.39. The summed E-state index contributed by atoms with van der Waals surface area (Å²) in [6.07, 6.45) is 3.49. The van der Waals surface area contributed by atoms with E-state index in [1.165, 1.54) is 42.6 Å². The summed E-state index contributed by atoms with van der Waals surface area (Å²) in [5, 5.41) is 12.9. The maximum Gasteiger partial charge on any atom is 0.262 e. The molecule has 1 aliphatic rings. The van der Waals surface area contributed by atoms with Crippen molar-refractivity contribution in [3.63, 3.8) is 0 Å². The van der Waals surface area contributed by atoms with E-state index >= 15 is 0 Å². The number of carbonyl (C=O) groups excluding carboxylic acids is 2. The monoisotopic (exact) mass is 414 g/mol. The van der Waals surface area contributed by atoms with Crippen LogP contribution in [0.5, 0.6) is 17.2 Å². The lowest BCUT2D eigenvalue weighted by Gasteiger charge is -2.17. The minimum absolute atomic E-state index is 0.226. The van der Waals surface area contributed by atoms with E-state index in [1.807, 2.05) is 0 Å². The zero-order chi connectivity index (χ0) is 21.0. The van der Waals surface area contributed by atoms with Gasteiger partial charge in [0.25, 0.3) is 5.91 Å². The molecular formula is C21H22N2O5S. The quantitative estimate of drug-likeness (QED) is 0.696. The Morgan fingerprint density at radius 2 is 2.10 bits per heavy atom. The maximum atomic E-state index is 12.5. The van der Waals surface area contributed by atoms with Crippen LogP contribution in [0.25, 0.3) is 0 Å². The fourth-order valence-corrected chi connectivity index (χ4v) is 4.77. The molecule has 1 atom stereocenters. The molecule has 29 heavy (non-hydrogen) atoms. The van der Waals surface area contributed by atoms with Crippen molar-refractivity contribution in [1.29, 1.82) is 5.26 Å². The van der Waals surface area contributed by atoms with E-state index in [0.29, 0.717) is 39.8 Å². The highest BCUT2D eigenvalue weighted by Crippen LogP contribution is 2.40. The summed E-state index contributed by atoms with van der Waals surface area (Å²) in [6, 6.07) is 5.23. The first-order valence-corrected chi connectivity index (χ1v) is 10.0. The molecule has 0 spiro atoms. The van der Waals surface area contributed by atoms with E-state index in [-0.39, 0.29) is 12.4 Å². The first kappa shape index (κ1) is 20.7. The molecule has 1 heterocycles. The van der Waals surface area contributed by atoms with Crippen molar-refractivity contribution in [3.05, 3.63) is 33.7 Å². The van der Waals surface area contributed by atoms with Gasteiger partial charge in [-0.05, 0) is 42.9 Å². The molecule has 2 aromatic rings. The van der Waals surface area contributed by atoms with Crippen LogP contribution in [0.2, 0.25) is 0 Å². The van der Waals surface area contributed by atoms with Gasteiger partial charge in [-0.1, -0.05) is 6.92 Å². The molecule has 0 fully saturated rings. The highest BCUT2D eigenvalue weighted by molar-refractivity contribution is 7.16. The van der Waals surface area contributed by atoms with Gasteiger partial charge in [-0.2, -0.15) is 5.26 Å². The number of thiophene rings is 1. The topological polar surface area (TPSA) is 97.6 Å². The lowest BCUT2D eigenvalue weighted by atomic mass is 9.89. The van der Waals surface area contributed by atoms with E-state index in [0.717, 1.165) is 24.8 Å². The number of rotatable bonds is 7. The Balaban J connectivity index is 1.75. The van der Waals surface area contributed by atoms with Crippen molar-refractivity contribution in [2.45, 2.75) is 26.2 Å². The third-order valence-electron chi connectivity index (χ3n) is 4.84. The molecule has 1 aromatic carbocycles. The number of amides is 1. The molecule has 0 saturated heterocycles. The molecule has 3 rings (SSSR count). The van der Waals surface area contributed by atoms with Crippen LogP contribution in [0.4, 0.5) is 5.00 Å². The van der Waals surface area contributed by atoms with Crippen molar-refractivity contribution in [3.8, 4) is 23.3 Å². The van der Waals surface area contributed by atoms with Gasteiger partial charge in [0.05, 0.1) is 19.8 Å². The first-order valence-electron chi connectivity index (χ1n) is 9.19. The summed E-state index contributed by atoms with van der Waals surface area (Å²) in [7, 11) is 2.90. The number of methoxy groups -OCH3 is 2. The number of nitrogens with one attached hydrogen (secondary N) is 1. The molecule has 1 N–H and O–H groups in total. The van der Waals surface area contributed by atoms with Gasteiger partial charge in [0.1, 0.15) is 17.4 Å². The molecule has 1 unspecified atom stereocenters. The average Bonchev–Trinajstić information content (AvgIpc) is 3.06. The molecule has 7 nitrogen and oxygen atoms in total. The zero-order valence-corrected chi connectivity index (χ0v) is 17.4. The number of anilines is 1. The van der Waals surface area contributed by atoms with Crippen molar-refractivity contribution < 1.29 is 23.8 Å². The highest BCUT2D eigenvalue weighted by Gasteiger charge is 2.25. The van der Waals surface area contributed by atoms with Gasteiger partial charge in [-0.15, -0.1) is 11.3 Å². The molecule has 0 bridgehead atoms. The smallest absolute Gasteiger partial charge is 0.262 e. The number of benzene rings is 1. The predicted octanol–water partition coefficient (Wildman–Crippen LogP) is 3.59. The summed E-state index contributed by atoms with van der Waals surface area (Å²) < 4.78 is 16.1. The third kappa shape index (κ3) is 4.35. The Morgan fingerprint density at radius 1 is 1.34 bits per heavy atom. The number of hydrogen-bond donors (Lipinski definition) is 1. The SMILES string of the molecule is COc1cc(C=O)cc(OCC(=O)Nc2sc3c(c2C#N)CCC(C)C3)c1OC. The second-order valence-corrected chi connectivity index (χ2v) is 7.98. The van der Waals surface area contributed by atoms with Crippen molar-refractivity contribution in [2.24, 2.45) is 5.92 Å². The van der Waals surface area contributed by atoms with Crippen LogP contribution in [0.15, 0.2) is 12.1 Å². The molecule has 0 saturated carbocycles. The molecule has 152 valence electrons. The Labute approximate surface area is 173 Å². The highest BCUT2D eigenvalue weighted by atomic mass is 32.1. The van der Waals surface area contributed by atoms with E-state index in [9.17, 15) is 14.9 Å². The molecular weight excluding hydrogens is 392 g/mol. The summed E-state index contributed by atoms with van der Waals surface area (Å²) in [5.41, 5.74) is 1.94. The van der Waals surface area contributed by atoms with E-state index in [4.69, 9.17) is 14.2 Å². The summed E-state index contributed by atoms with van der Waals surface area (Å²) >= 11 is 1.46. The normalized spacial score (nSPS) is 15.0. The standard InChI is InChI=1S/C21H22N2O5S/c1-12-4-5-14-15(9-22)21(29-18(14)6-12)23-19(25)11-28-17-8-13(10-24)7-16(26-2)20(17)27-3/h7-8,10,12H,4-6,11H2,1-3H3,(H,23,25). The fourth-order valence-electron chi connectivity index (χ4n) is 3.39. The van der Waals surface area contributed by atoms with Crippen molar-refractivity contribution in [2.75, 3.05) is 26.1 Å². The van der Waals surface area contributed by atoms with Crippen LogP contribution >= 0.6 is 11.3 Å². The number of hydrogen-bond acceptors (Lipinski definition) is 7. The Morgan fingerprint density at radius 3 is 2.76 bits per heavy atom. The lowest BCUT2D eigenvalue weighted by molar-refractivity contribution is -0.118. The second kappa shape index (κ2) is 8.97. The van der Waals surface area contributed by atoms with Crippen LogP contribution in [0.1, 0.15) is 39.7 Å². The van der Waals surface area contributed by atoms with Gasteiger partial charge in [-0.3, -0.25) is 9.59 Å². The van der Waals surface area contributed by atoms with Crippen LogP contribution in [0.3, 0.4) is 0 Å². The van der Waals surface area contributed by atoms with Gasteiger partial charge in [0.15, 0.2) is 18.1 Å². The first-order chi connectivity index (χ1) is 14.0. The van der Waals surface area contributed by atoms with Crippen LogP contribution in [-0.4, -0.2) is 33.0 Å². The number of carbonyl (C=O) groups is 2. The minimum atomic E-state index is -0.398. The largest absolute Gasteiger partial charge is 0.493 e. The van der Waals surface area contributed by atoms with Crippen molar-refractivity contribution in [1.82, 2.24) is 0 Å². The fraction of sp³-hybridized carbons (Fsp3) is 0.381. The maximum absolute atomic E-state index is 12.5. The van der Waals surface area contributed by atoms with Gasteiger partial charge in [0.2, 0.25) is 5.75 Å². The summed E-state index contributed by atoms with van der Waals surface area (Å²) in [5.74, 6) is 1.03. The van der Waals surface area contributed by atoms with Gasteiger partial charge in [-0.25, -0.2) is 0 Å². The number of nitriles is 1. The number of fused-ring (bicyclic) bond motifs is 1. The number of aldehydes is 1. The number of ether oxygens (including phenoxy) is 3. The summed E-state index contributed by atoms with van der Waals surface area (Å²) in [4.78, 5) is 24.8. The van der Waals surface area contributed by atoms with Gasteiger partial charge < -0.3 is 19.5 Å². The minimum Gasteiger partial charge on any atom is -0.493 e. The molecule has 8 heteroatoms. The Hall–Kier alpha value is -3.05. The van der Waals surface area contributed by atoms with Gasteiger partial charge >= 0.3 is 0 Å². The van der Waals surface area contributed by atoms with Crippen LogP contribution < -0.4 is 19.5 Å². The third-order valence-corrected chi connectivity index (χ3v) is 6.01. The van der Waals surface area contributed by atoms with Gasteiger partial charge in [0, 0.05) is 10.4 Å². The predicted molar refractivity (Wildman–Crippen MR) is 109 cm³/mol. The van der Waals surface area contributed by atoms with E-state index < -0.39 is 5.91 Å². The van der Waals surface area contributed by atoms with E-state index in [1.54, 1.807) is 0 Å². The number of nitrogens with zero attached hydrogens (tertiary/aromatic N) is 1. The lowest BCUT2D eigenvalue weighted by Crippen LogP contribution is -2.20. The zero-order valence-electron chi connectivity index (χ0n) is 16.5.